The van der Waals surface area contributed by atoms with E-state index in [2.05, 4.69) is 65.7 Å². The second kappa shape index (κ2) is 6.06. The van der Waals surface area contributed by atoms with E-state index in [9.17, 15) is 0 Å². The van der Waals surface area contributed by atoms with Crippen molar-refractivity contribution in [2.45, 2.75) is 47.1 Å². The number of hydrogen-bond acceptors (Lipinski definition) is 2. The molecule has 0 aliphatic heterocycles. The van der Waals surface area contributed by atoms with Gasteiger partial charge in [-0.15, -0.1) is 0 Å². The predicted molar refractivity (Wildman–Crippen MR) is 84.5 cm³/mol. The quantitative estimate of drug-likeness (QED) is 0.878. The Bertz CT molecular complexity index is 433. The normalized spacial score (nSPS) is 13.9. The molecule has 2 heteroatoms. The summed E-state index contributed by atoms with van der Waals surface area (Å²) in [7, 11) is 4.33. The van der Waals surface area contributed by atoms with Gasteiger partial charge < -0.3 is 10.6 Å². The zero-order valence-corrected chi connectivity index (χ0v) is 13.7. The summed E-state index contributed by atoms with van der Waals surface area (Å²) < 4.78 is 0. The summed E-state index contributed by atoms with van der Waals surface area (Å²) in [6.45, 7) is 12.0. The summed E-state index contributed by atoms with van der Waals surface area (Å²) in [4.78, 5) is 2.33. The van der Waals surface area contributed by atoms with Gasteiger partial charge in [0.1, 0.15) is 0 Å². The first-order chi connectivity index (χ1) is 8.72. The Morgan fingerprint density at radius 2 is 1.68 bits per heavy atom. The molecular formula is C17H30N2. The summed E-state index contributed by atoms with van der Waals surface area (Å²) in [6.07, 6.45) is 1.03. The first kappa shape index (κ1) is 16.2. The van der Waals surface area contributed by atoms with E-state index >= 15 is 0 Å². The molecule has 1 unspecified atom stereocenters. The van der Waals surface area contributed by atoms with Crippen molar-refractivity contribution in [2.24, 2.45) is 11.1 Å². The summed E-state index contributed by atoms with van der Waals surface area (Å²) in [5.74, 6) is 0. The van der Waals surface area contributed by atoms with E-state index in [1.54, 1.807) is 0 Å². The minimum absolute atomic E-state index is 0.171. The van der Waals surface area contributed by atoms with E-state index in [1.807, 2.05) is 0 Å². The lowest BCUT2D eigenvalue weighted by Gasteiger charge is -2.40. The highest BCUT2D eigenvalue weighted by atomic mass is 15.1. The van der Waals surface area contributed by atoms with Crippen molar-refractivity contribution in [3.63, 3.8) is 0 Å². The highest BCUT2D eigenvalue weighted by molar-refractivity contribution is 5.41. The Balaban J connectivity index is 3.32. The maximum atomic E-state index is 5.80. The standard InChI is InChI=1S/C17H30N2/c1-12-8-9-15(14(3)13(12)2)16(19(6)7)17(4,5)10-11-18/h8-9,16H,10-11,18H2,1-7H3. The molecule has 0 heterocycles. The van der Waals surface area contributed by atoms with Crippen LogP contribution < -0.4 is 5.73 Å². The van der Waals surface area contributed by atoms with Gasteiger partial charge in [0.25, 0.3) is 0 Å². The monoisotopic (exact) mass is 262 g/mol. The van der Waals surface area contributed by atoms with Crippen molar-refractivity contribution >= 4 is 0 Å². The van der Waals surface area contributed by atoms with Crippen LogP contribution in [0.15, 0.2) is 12.1 Å². The van der Waals surface area contributed by atoms with Gasteiger partial charge in [0.2, 0.25) is 0 Å². The molecule has 0 bridgehead atoms. The Hall–Kier alpha value is -0.860. The van der Waals surface area contributed by atoms with Crippen LogP contribution in [0.3, 0.4) is 0 Å². The SMILES string of the molecule is Cc1ccc(C(N(C)C)C(C)(C)CCN)c(C)c1C. The number of nitrogens with zero attached hydrogens (tertiary/aromatic N) is 1. The van der Waals surface area contributed by atoms with Gasteiger partial charge in [0, 0.05) is 6.04 Å². The second-order valence-corrected chi connectivity index (χ2v) is 6.62. The number of rotatable bonds is 5. The number of aryl methyl sites for hydroxylation is 1. The Kier molecular flexibility index (Phi) is 5.17. The molecule has 0 aromatic heterocycles. The van der Waals surface area contributed by atoms with Crippen LogP contribution in [0, 0.1) is 26.2 Å². The average Bonchev–Trinajstić information content (AvgIpc) is 2.29. The topological polar surface area (TPSA) is 29.3 Å². The van der Waals surface area contributed by atoms with Crippen LogP contribution >= 0.6 is 0 Å². The maximum Gasteiger partial charge on any atom is 0.0396 e. The van der Waals surface area contributed by atoms with E-state index in [4.69, 9.17) is 5.73 Å². The number of benzene rings is 1. The maximum absolute atomic E-state index is 5.80. The van der Waals surface area contributed by atoms with Gasteiger partial charge in [0.05, 0.1) is 0 Å². The zero-order chi connectivity index (χ0) is 14.8. The zero-order valence-electron chi connectivity index (χ0n) is 13.7. The van der Waals surface area contributed by atoms with Crippen molar-refractivity contribution in [1.29, 1.82) is 0 Å². The third-order valence-corrected chi connectivity index (χ3v) is 4.44. The Morgan fingerprint density at radius 3 is 2.16 bits per heavy atom. The molecule has 0 spiro atoms. The molecule has 2 N–H and O–H groups in total. The van der Waals surface area contributed by atoms with Crippen LogP contribution in [0.25, 0.3) is 0 Å². The molecule has 0 aliphatic carbocycles. The molecule has 19 heavy (non-hydrogen) atoms. The second-order valence-electron chi connectivity index (χ2n) is 6.62. The average molecular weight is 262 g/mol. The van der Waals surface area contributed by atoms with E-state index in [-0.39, 0.29) is 5.41 Å². The lowest BCUT2D eigenvalue weighted by atomic mass is 9.75. The van der Waals surface area contributed by atoms with Gasteiger partial charge in [-0.25, -0.2) is 0 Å². The van der Waals surface area contributed by atoms with Gasteiger partial charge in [-0.2, -0.15) is 0 Å². The van der Waals surface area contributed by atoms with Gasteiger partial charge in [-0.3, -0.25) is 0 Å². The molecule has 0 aliphatic rings. The molecular weight excluding hydrogens is 232 g/mol. The van der Waals surface area contributed by atoms with Crippen LogP contribution in [-0.2, 0) is 0 Å². The minimum Gasteiger partial charge on any atom is -0.330 e. The molecule has 108 valence electrons. The van der Waals surface area contributed by atoms with E-state index < -0.39 is 0 Å². The molecule has 0 radical (unpaired) electrons. The van der Waals surface area contributed by atoms with Gasteiger partial charge in [-0.1, -0.05) is 26.0 Å². The summed E-state index contributed by atoms with van der Waals surface area (Å²) in [6, 6.07) is 4.93. The largest absolute Gasteiger partial charge is 0.330 e. The molecule has 1 aromatic carbocycles. The van der Waals surface area contributed by atoms with Crippen LogP contribution in [0.2, 0.25) is 0 Å². The molecule has 0 saturated heterocycles. The smallest absolute Gasteiger partial charge is 0.0396 e. The van der Waals surface area contributed by atoms with Gasteiger partial charge in [0.15, 0.2) is 0 Å². The third-order valence-electron chi connectivity index (χ3n) is 4.44. The third kappa shape index (κ3) is 3.37. The van der Waals surface area contributed by atoms with Crippen LogP contribution in [-0.4, -0.2) is 25.5 Å². The first-order valence-electron chi connectivity index (χ1n) is 7.15. The van der Waals surface area contributed by atoms with Crippen molar-refractivity contribution in [1.82, 2.24) is 4.90 Å². The lowest BCUT2D eigenvalue weighted by Crippen LogP contribution is -2.35. The van der Waals surface area contributed by atoms with Crippen molar-refractivity contribution in [2.75, 3.05) is 20.6 Å². The molecule has 0 amide bonds. The molecule has 1 rings (SSSR count). The summed E-state index contributed by atoms with van der Waals surface area (Å²) in [5.41, 5.74) is 11.6. The van der Waals surface area contributed by atoms with Crippen molar-refractivity contribution < 1.29 is 0 Å². The molecule has 1 atom stereocenters. The van der Waals surface area contributed by atoms with Crippen molar-refractivity contribution in [3.05, 3.63) is 34.4 Å². The predicted octanol–water partition coefficient (Wildman–Crippen LogP) is 3.59. The highest BCUT2D eigenvalue weighted by Gasteiger charge is 2.33. The molecule has 0 saturated carbocycles. The Labute approximate surface area is 119 Å². The Morgan fingerprint density at radius 1 is 1.11 bits per heavy atom. The first-order valence-corrected chi connectivity index (χ1v) is 7.15. The van der Waals surface area contributed by atoms with Crippen LogP contribution in [0.4, 0.5) is 0 Å². The van der Waals surface area contributed by atoms with Gasteiger partial charge >= 0.3 is 0 Å². The lowest BCUT2D eigenvalue weighted by molar-refractivity contribution is 0.128. The summed E-state index contributed by atoms with van der Waals surface area (Å²) in [5, 5.41) is 0. The molecule has 0 fully saturated rings. The van der Waals surface area contributed by atoms with E-state index in [0.717, 1.165) is 13.0 Å². The van der Waals surface area contributed by atoms with Crippen LogP contribution in [0.5, 0.6) is 0 Å². The highest BCUT2D eigenvalue weighted by Crippen LogP contribution is 2.41. The van der Waals surface area contributed by atoms with E-state index in [0.29, 0.717) is 6.04 Å². The van der Waals surface area contributed by atoms with E-state index in [1.165, 1.54) is 22.3 Å². The van der Waals surface area contributed by atoms with Crippen molar-refractivity contribution in [3.8, 4) is 0 Å². The number of hydrogen-bond donors (Lipinski definition) is 1. The van der Waals surface area contributed by atoms with Gasteiger partial charge in [-0.05, 0) is 75.5 Å². The number of nitrogens with two attached hydrogens (primary N) is 1. The fraction of sp³-hybridized carbons (Fsp3) is 0.647. The molecule has 2 nitrogen and oxygen atoms in total. The summed E-state index contributed by atoms with van der Waals surface area (Å²) >= 11 is 0. The van der Waals surface area contributed by atoms with Crippen LogP contribution in [0.1, 0.15) is 48.6 Å². The minimum atomic E-state index is 0.171. The fourth-order valence-electron chi connectivity index (χ4n) is 3.18. The molecule has 1 aromatic rings. The fourth-order valence-corrected chi connectivity index (χ4v) is 3.18.